The van der Waals surface area contributed by atoms with Crippen LogP contribution in [0.5, 0.6) is 0 Å². The highest BCUT2D eigenvalue weighted by molar-refractivity contribution is 9.10. The van der Waals surface area contributed by atoms with Crippen molar-refractivity contribution >= 4 is 26.8 Å². The van der Waals surface area contributed by atoms with Crippen LogP contribution in [0.4, 0.5) is 0 Å². The average Bonchev–Trinajstić information content (AvgIpc) is 2.38. The van der Waals surface area contributed by atoms with Gasteiger partial charge in [0.1, 0.15) is 0 Å². The van der Waals surface area contributed by atoms with Gasteiger partial charge >= 0.3 is 0 Å². The standard InChI is InChI=1S/C14H17BrN2O/c1-18-8-4-6-12(16)14-11(15)9-10-5-2-3-7-13(10)17-14/h2-3,5,7,9,12H,4,6,8,16H2,1H3. The van der Waals surface area contributed by atoms with Gasteiger partial charge in [0.2, 0.25) is 0 Å². The van der Waals surface area contributed by atoms with Crippen molar-refractivity contribution in [3.63, 3.8) is 0 Å². The van der Waals surface area contributed by atoms with E-state index in [1.807, 2.05) is 24.3 Å². The van der Waals surface area contributed by atoms with Crippen LogP contribution in [0, 0.1) is 0 Å². The Morgan fingerprint density at radius 1 is 1.39 bits per heavy atom. The molecule has 2 rings (SSSR count). The Labute approximate surface area is 115 Å². The minimum Gasteiger partial charge on any atom is -0.385 e. The summed E-state index contributed by atoms with van der Waals surface area (Å²) in [4.78, 5) is 4.64. The first-order valence-electron chi connectivity index (χ1n) is 6.02. The number of aromatic nitrogens is 1. The highest BCUT2D eigenvalue weighted by Crippen LogP contribution is 2.26. The van der Waals surface area contributed by atoms with Crippen molar-refractivity contribution in [2.75, 3.05) is 13.7 Å². The van der Waals surface area contributed by atoms with Crippen LogP contribution in [0.2, 0.25) is 0 Å². The number of nitrogens with two attached hydrogens (primary N) is 1. The number of nitrogens with zero attached hydrogens (tertiary/aromatic N) is 1. The molecule has 1 aromatic heterocycles. The normalized spacial score (nSPS) is 12.8. The number of benzene rings is 1. The molecule has 0 aliphatic carbocycles. The number of hydrogen-bond donors (Lipinski definition) is 1. The van der Waals surface area contributed by atoms with E-state index < -0.39 is 0 Å². The van der Waals surface area contributed by atoms with Crippen molar-refractivity contribution in [3.05, 3.63) is 40.5 Å². The Morgan fingerprint density at radius 3 is 2.94 bits per heavy atom. The Bertz CT molecular complexity index is 530. The van der Waals surface area contributed by atoms with Crippen LogP contribution >= 0.6 is 15.9 Å². The molecular formula is C14H17BrN2O. The minimum atomic E-state index is -0.0564. The molecular weight excluding hydrogens is 292 g/mol. The first-order chi connectivity index (χ1) is 8.72. The highest BCUT2D eigenvalue weighted by atomic mass is 79.9. The first kappa shape index (κ1) is 13.5. The van der Waals surface area contributed by atoms with Crippen LogP contribution in [0.25, 0.3) is 10.9 Å². The topological polar surface area (TPSA) is 48.1 Å². The lowest BCUT2D eigenvalue weighted by Gasteiger charge is -2.13. The second-order valence-corrected chi connectivity index (χ2v) is 5.14. The van der Waals surface area contributed by atoms with Crippen LogP contribution in [0.15, 0.2) is 34.8 Å². The summed E-state index contributed by atoms with van der Waals surface area (Å²) in [5.74, 6) is 0. The predicted molar refractivity (Wildman–Crippen MR) is 77.5 cm³/mol. The van der Waals surface area contributed by atoms with Crippen LogP contribution in [0.3, 0.4) is 0 Å². The second kappa shape index (κ2) is 6.27. The summed E-state index contributed by atoms with van der Waals surface area (Å²) >= 11 is 3.55. The molecule has 96 valence electrons. The van der Waals surface area contributed by atoms with E-state index in [2.05, 4.69) is 27.0 Å². The molecule has 0 saturated carbocycles. The molecule has 0 fully saturated rings. The average molecular weight is 309 g/mol. The molecule has 0 spiro atoms. The van der Waals surface area contributed by atoms with E-state index in [9.17, 15) is 0 Å². The van der Waals surface area contributed by atoms with E-state index in [0.29, 0.717) is 0 Å². The Kier molecular flexibility index (Phi) is 4.69. The van der Waals surface area contributed by atoms with Crippen molar-refractivity contribution in [1.82, 2.24) is 4.98 Å². The molecule has 2 aromatic rings. The summed E-state index contributed by atoms with van der Waals surface area (Å²) in [5, 5.41) is 1.12. The van der Waals surface area contributed by atoms with Crippen molar-refractivity contribution in [2.24, 2.45) is 5.73 Å². The quantitative estimate of drug-likeness (QED) is 0.861. The zero-order valence-electron chi connectivity index (χ0n) is 10.4. The van der Waals surface area contributed by atoms with E-state index in [1.54, 1.807) is 7.11 Å². The molecule has 18 heavy (non-hydrogen) atoms. The third kappa shape index (κ3) is 3.07. The smallest absolute Gasteiger partial charge is 0.0720 e. The van der Waals surface area contributed by atoms with Crippen LogP contribution < -0.4 is 5.73 Å². The van der Waals surface area contributed by atoms with E-state index in [4.69, 9.17) is 10.5 Å². The zero-order chi connectivity index (χ0) is 13.0. The summed E-state index contributed by atoms with van der Waals surface area (Å²) in [6, 6.07) is 10.1. The van der Waals surface area contributed by atoms with Gasteiger partial charge in [-0.05, 0) is 40.9 Å². The number of pyridine rings is 1. The fourth-order valence-corrected chi connectivity index (χ4v) is 2.58. The van der Waals surface area contributed by atoms with Gasteiger partial charge in [-0.25, -0.2) is 4.98 Å². The lowest BCUT2D eigenvalue weighted by Crippen LogP contribution is -2.13. The Balaban J connectivity index is 2.24. The molecule has 2 N–H and O–H groups in total. The number of ether oxygens (including phenoxy) is 1. The molecule has 1 aromatic carbocycles. The van der Waals surface area contributed by atoms with E-state index in [0.717, 1.165) is 40.5 Å². The molecule has 4 heteroatoms. The summed E-state index contributed by atoms with van der Waals surface area (Å²) < 4.78 is 6.02. The van der Waals surface area contributed by atoms with Gasteiger partial charge in [0.25, 0.3) is 0 Å². The van der Waals surface area contributed by atoms with Crippen LogP contribution in [-0.4, -0.2) is 18.7 Å². The maximum Gasteiger partial charge on any atom is 0.0720 e. The molecule has 0 aliphatic rings. The molecule has 0 radical (unpaired) electrons. The fourth-order valence-electron chi connectivity index (χ4n) is 1.95. The molecule has 0 amide bonds. The van der Waals surface area contributed by atoms with Gasteiger partial charge < -0.3 is 10.5 Å². The van der Waals surface area contributed by atoms with E-state index in [-0.39, 0.29) is 6.04 Å². The summed E-state index contributed by atoms with van der Waals surface area (Å²) in [7, 11) is 1.70. The van der Waals surface area contributed by atoms with Gasteiger partial charge in [-0.1, -0.05) is 18.2 Å². The molecule has 0 saturated heterocycles. The van der Waals surface area contributed by atoms with Crippen molar-refractivity contribution < 1.29 is 4.74 Å². The molecule has 1 atom stereocenters. The Hall–Kier alpha value is -0.970. The van der Waals surface area contributed by atoms with E-state index in [1.165, 1.54) is 0 Å². The lowest BCUT2D eigenvalue weighted by atomic mass is 10.1. The predicted octanol–water partition coefficient (Wildman–Crippen LogP) is 3.42. The number of fused-ring (bicyclic) bond motifs is 1. The number of para-hydroxylation sites is 1. The fraction of sp³-hybridized carbons (Fsp3) is 0.357. The number of halogens is 1. The van der Waals surface area contributed by atoms with Gasteiger partial charge in [-0.2, -0.15) is 0 Å². The maximum absolute atomic E-state index is 6.18. The van der Waals surface area contributed by atoms with Crippen molar-refractivity contribution in [2.45, 2.75) is 18.9 Å². The Morgan fingerprint density at radius 2 is 2.17 bits per heavy atom. The molecule has 1 unspecified atom stereocenters. The van der Waals surface area contributed by atoms with E-state index >= 15 is 0 Å². The zero-order valence-corrected chi connectivity index (χ0v) is 12.0. The molecule has 0 aliphatic heterocycles. The summed E-state index contributed by atoms with van der Waals surface area (Å²) in [5.41, 5.74) is 8.08. The third-order valence-corrected chi connectivity index (χ3v) is 3.55. The SMILES string of the molecule is COCCCC(N)c1nc2ccccc2cc1Br. The van der Waals surface area contributed by atoms with Gasteiger partial charge in [0.15, 0.2) is 0 Å². The summed E-state index contributed by atoms with van der Waals surface area (Å²) in [6.07, 6.45) is 1.82. The number of methoxy groups -OCH3 is 1. The maximum atomic E-state index is 6.18. The molecule has 0 bridgehead atoms. The first-order valence-corrected chi connectivity index (χ1v) is 6.81. The van der Waals surface area contributed by atoms with Crippen LogP contribution in [-0.2, 0) is 4.74 Å². The van der Waals surface area contributed by atoms with Crippen LogP contribution in [0.1, 0.15) is 24.6 Å². The second-order valence-electron chi connectivity index (χ2n) is 4.29. The minimum absolute atomic E-state index is 0.0564. The van der Waals surface area contributed by atoms with Gasteiger partial charge in [0.05, 0.1) is 11.2 Å². The van der Waals surface area contributed by atoms with Crippen molar-refractivity contribution in [3.8, 4) is 0 Å². The highest BCUT2D eigenvalue weighted by Gasteiger charge is 2.12. The molecule has 3 nitrogen and oxygen atoms in total. The number of rotatable bonds is 5. The summed E-state index contributed by atoms with van der Waals surface area (Å²) in [6.45, 7) is 0.735. The third-order valence-electron chi connectivity index (χ3n) is 2.92. The van der Waals surface area contributed by atoms with Gasteiger partial charge in [0, 0.05) is 29.6 Å². The van der Waals surface area contributed by atoms with Crippen molar-refractivity contribution in [1.29, 1.82) is 0 Å². The van der Waals surface area contributed by atoms with Gasteiger partial charge in [-0.3, -0.25) is 0 Å². The molecule has 1 heterocycles. The largest absolute Gasteiger partial charge is 0.385 e. The number of hydrogen-bond acceptors (Lipinski definition) is 3. The van der Waals surface area contributed by atoms with Gasteiger partial charge in [-0.15, -0.1) is 0 Å². The monoisotopic (exact) mass is 308 g/mol. The lowest BCUT2D eigenvalue weighted by molar-refractivity contribution is 0.190.